The quantitative estimate of drug-likeness (QED) is 0.850. The topological polar surface area (TPSA) is 40.8 Å². The lowest BCUT2D eigenvalue weighted by atomic mass is 10.1. The number of imidazole rings is 1. The molecule has 0 aliphatic heterocycles. The Balaban J connectivity index is 1.75. The minimum Gasteiger partial charge on any atom is -0.493 e. The summed E-state index contributed by atoms with van der Waals surface area (Å²) in [4.78, 5) is 6.06. The first-order valence-electron chi connectivity index (χ1n) is 7.44. The number of hydrogen-bond acceptors (Lipinski definition) is 2. The van der Waals surface area contributed by atoms with Gasteiger partial charge in [0.1, 0.15) is 5.75 Å². The number of H-pyrrole nitrogens is 2. The van der Waals surface area contributed by atoms with Crippen molar-refractivity contribution in [2.75, 3.05) is 6.61 Å². The molecule has 2 aromatic rings. The second-order valence-electron chi connectivity index (χ2n) is 5.32. The zero-order valence-corrected chi connectivity index (χ0v) is 13.5. The highest BCUT2D eigenvalue weighted by atomic mass is 32.1. The van der Waals surface area contributed by atoms with Crippen molar-refractivity contribution in [1.29, 1.82) is 0 Å². The lowest BCUT2D eigenvalue weighted by molar-refractivity contribution is 0.297. The third kappa shape index (κ3) is 4.20. The molecule has 1 aromatic heterocycles. The standard InChI is InChI=1S/C19H18N2OS/c1-14-18(21-19(23)20-14)12-16-9-6-10-17(11-16)22-13-15-7-4-2-3-5-8-15/h2-12,15H,1,13H2,(H2,20,21,23)/b18-12-. The number of benzene rings is 1. The van der Waals surface area contributed by atoms with Crippen molar-refractivity contribution in [1.82, 2.24) is 9.97 Å². The zero-order valence-electron chi connectivity index (χ0n) is 12.7. The van der Waals surface area contributed by atoms with E-state index in [4.69, 9.17) is 17.0 Å². The van der Waals surface area contributed by atoms with Crippen LogP contribution in [-0.4, -0.2) is 16.6 Å². The molecule has 0 bridgehead atoms. The van der Waals surface area contributed by atoms with Crippen LogP contribution >= 0.6 is 12.2 Å². The van der Waals surface area contributed by atoms with Crippen LogP contribution in [0.5, 0.6) is 5.75 Å². The molecule has 0 radical (unpaired) electrons. The van der Waals surface area contributed by atoms with Gasteiger partial charge in [-0.25, -0.2) is 0 Å². The Morgan fingerprint density at radius 2 is 1.91 bits per heavy atom. The minimum atomic E-state index is 0.282. The Kier molecular flexibility index (Phi) is 4.74. The van der Waals surface area contributed by atoms with Crippen LogP contribution in [0.15, 0.2) is 60.7 Å². The SMILES string of the molecule is C=c1[nH]c(=S)[nH]/c1=C\c1cccc(OCC2C=CC=CC=C2)c1. The maximum Gasteiger partial charge on any atom is 0.175 e. The Morgan fingerprint density at radius 3 is 2.61 bits per heavy atom. The molecule has 1 aliphatic rings. The fourth-order valence-corrected chi connectivity index (χ4v) is 2.56. The van der Waals surface area contributed by atoms with Crippen molar-refractivity contribution in [2.24, 2.45) is 5.92 Å². The molecule has 0 atom stereocenters. The molecule has 0 saturated heterocycles. The molecule has 1 heterocycles. The average Bonchev–Trinajstić information content (AvgIpc) is 2.74. The first-order chi connectivity index (χ1) is 11.2. The summed E-state index contributed by atoms with van der Waals surface area (Å²) in [6.07, 6.45) is 14.4. The minimum absolute atomic E-state index is 0.282. The number of hydrogen-bond donors (Lipinski definition) is 2. The molecular formula is C19H18N2OS. The lowest BCUT2D eigenvalue weighted by Gasteiger charge is -2.10. The number of rotatable bonds is 4. The average molecular weight is 322 g/mol. The van der Waals surface area contributed by atoms with E-state index < -0.39 is 0 Å². The van der Waals surface area contributed by atoms with Crippen molar-refractivity contribution in [3.8, 4) is 5.75 Å². The van der Waals surface area contributed by atoms with Gasteiger partial charge in [-0.05, 0) is 36.0 Å². The fourth-order valence-electron chi connectivity index (χ4n) is 2.33. The molecule has 1 aliphatic carbocycles. The van der Waals surface area contributed by atoms with Gasteiger partial charge in [-0.15, -0.1) is 0 Å². The fraction of sp³-hybridized carbons (Fsp3) is 0.105. The van der Waals surface area contributed by atoms with Gasteiger partial charge in [0, 0.05) is 5.92 Å². The molecule has 1 aromatic carbocycles. The van der Waals surface area contributed by atoms with Gasteiger partial charge >= 0.3 is 0 Å². The highest BCUT2D eigenvalue weighted by Gasteiger charge is 2.03. The van der Waals surface area contributed by atoms with Gasteiger partial charge in [0.05, 0.1) is 17.3 Å². The number of allylic oxidation sites excluding steroid dienone is 4. The number of aromatic amines is 2. The van der Waals surface area contributed by atoms with E-state index in [1.54, 1.807) is 0 Å². The van der Waals surface area contributed by atoms with Crippen molar-refractivity contribution >= 4 is 24.9 Å². The van der Waals surface area contributed by atoms with Crippen LogP contribution < -0.4 is 15.4 Å². The van der Waals surface area contributed by atoms with Gasteiger partial charge in [-0.1, -0.05) is 55.2 Å². The molecule has 0 spiro atoms. The molecule has 23 heavy (non-hydrogen) atoms. The van der Waals surface area contributed by atoms with Crippen molar-refractivity contribution < 1.29 is 4.74 Å². The largest absolute Gasteiger partial charge is 0.493 e. The Labute approximate surface area is 140 Å². The maximum atomic E-state index is 5.91. The normalized spacial score (nSPS) is 15.0. The summed E-state index contributed by atoms with van der Waals surface area (Å²) in [5.41, 5.74) is 1.03. The highest BCUT2D eigenvalue weighted by molar-refractivity contribution is 7.71. The summed E-state index contributed by atoms with van der Waals surface area (Å²) in [6, 6.07) is 7.97. The third-order valence-electron chi connectivity index (χ3n) is 3.50. The maximum absolute atomic E-state index is 5.91. The van der Waals surface area contributed by atoms with E-state index in [1.165, 1.54) is 0 Å². The molecule has 0 saturated carbocycles. The number of aromatic nitrogens is 2. The molecule has 0 unspecified atom stereocenters. The molecule has 3 rings (SSSR count). The van der Waals surface area contributed by atoms with Crippen LogP contribution in [0.2, 0.25) is 0 Å². The summed E-state index contributed by atoms with van der Waals surface area (Å²) in [5, 5.41) is 1.66. The molecule has 3 nitrogen and oxygen atoms in total. The third-order valence-corrected chi connectivity index (χ3v) is 3.70. The summed E-state index contributed by atoms with van der Waals surface area (Å²) in [5.74, 6) is 1.13. The van der Waals surface area contributed by atoms with E-state index in [0.29, 0.717) is 11.4 Å². The van der Waals surface area contributed by atoms with E-state index >= 15 is 0 Å². The van der Waals surface area contributed by atoms with E-state index in [-0.39, 0.29) is 5.92 Å². The summed E-state index contributed by atoms with van der Waals surface area (Å²) in [7, 11) is 0. The highest BCUT2D eigenvalue weighted by Crippen LogP contribution is 2.16. The van der Waals surface area contributed by atoms with Gasteiger partial charge in [0.15, 0.2) is 4.77 Å². The van der Waals surface area contributed by atoms with E-state index in [0.717, 1.165) is 22.0 Å². The summed E-state index contributed by atoms with van der Waals surface area (Å²) >= 11 is 5.07. The van der Waals surface area contributed by atoms with Crippen LogP contribution in [-0.2, 0) is 0 Å². The first-order valence-corrected chi connectivity index (χ1v) is 7.85. The Hall–Kier alpha value is -2.59. The van der Waals surface area contributed by atoms with Crippen LogP contribution in [0.1, 0.15) is 5.56 Å². The first kappa shape index (κ1) is 15.3. The molecule has 0 fully saturated rings. The van der Waals surface area contributed by atoms with Crippen molar-refractivity contribution in [3.05, 3.63) is 81.8 Å². The predicted octanol–water partition coefficient (Wildman–Crippen LogP) is 2.99. The van der Waals surface area contributed by atoms with Crippen LogP contribution in [0.3, 0.4) is 0 Å². The second-order valence-corrected chi connectivity index (χ2v) is 5.73. The van der Waals surface area contributed by atoms with Crippen molar-refractivity contribution in [3.63, 3.8) is 0 Å². The van der Waals surface area contributed by atoms with Gasteiger partial charge in [-0.2, -0.15) is 0 Å². The Morgan fingerprint density at radius 1 is 1.13 bits per heavy atom. The molecule has 116 valence electrons. The Bertz CT molecular complexity index is 915. The van der Waals surface area contributed by atoms with Crippen LogP contribution in [0.25, 0.3) is 12.7 Å². The second kappa shape index (κ2) is 7.11. The van der Waals surface area contributed by atoms with Gasteiger partial charge in [0.25, 0.3) is 0 Å². The molecule has 0 amide bonds. The van der Waals surface area contributed by atoms with E-state index in [1.807, 2.05) is 54.6 Å². The van der Waals surface area contributed by atoms with Gasteiger partial charge in [0.2, 0.25) is 0 Å². The summed E-state index contributed by atoms with van der Waals surface area (Å²) < 4.78 is 6.49. The predicted molar refractivity (Wildman–Crippen MR) is 97.2 cm³/mol. The number of nitrogens with one attached hydrogen (secondary N) is 2. The summed E-state index contributed by atoms with van der Waals surface area (Å²) in [6.45, 7) is 4.55. The van der Waals surface area contributed by atoms with Crippen LogP contribution in [0.4, 0.5) is 0 Å². The van der Waals surface area contributed by atoms with Gasteiger partial charge < -0.3 is 14.7 Å². The molecule has 2 N–H and O–H groups in total. The smallest absolute Gasteiger partial charge is 0.175 e. The van der Waals surface area contributed by atoms with E-state index in [9.17, 15) is 0 Å². The van der Waals surface area contributed by atoms with Crippen molar-refractivity contribution in [2.45, 2.75) is 0 Å². The van der Waals surface area contributed by atoms with Crippen LogP contribution in [0, 0.1) is 10.7 Å². The van der Waals surface area contributed by atoms with E-state index in [2.05, 4.69) is 28.7 Å². The number of ether oxygens (including phenoxy) is 1. The van der Waals surface area contributed by atoms with Gasteiger partial charge in [-0.3, -0.25) is 0 Å². The molecule has 4 heteroatoms. The monoisotopic (exact) mass is 322 g/mol. The zero-order chi connectivity index (χ0) is 16.1. The molecular weight excluding hydrogens is 304 g/mol. The lowest BCUT2D eigenvalue weighted by Crippen LogP contribution is -2.22.